The molecule has 31 heavy (non-hydrogen) atoms. The number of fused-ring (bicyclic) bond motifs is 1. The van der Waals surface area contributed by atoms with E-state index in [4.69, 9.17) is 21.4 Å². The van der Waals surface area contributed by atoms with Crippen LogP contribution >= 0.6 is 28.1 Å². The van der Waals surface area contributed by atoms with Crippen LogP contribution in [0.5, 0.6) is 5.75 Å². The molecule has 7 nitrogen and oxygen atoms in total. The number of benzene rings is 2. The third-order valence-corrected chi connectivity index (χ3v) is 5.33. The third kappa shape index (κ3) is 4.89. The van der Waals surface area contributed by atoms with E-state index in [1.165, 1.54) is 0 Å². The van der Waals surface area contributed by atoms with E-state index < -0.39 is 0 Å². The number of methoxy groups -OCH3 is 1. The summed E-state index contributed by atoms with van der Waals surface area (Å²) >= 11 is 8.61. The van der Waals surface area contributed by atoms with Gasteiger partial charge in [0.25, 0.3) is 5.91 Å². The Morgan fingerprint density at radius 2 is 2.00 bits per heavy atom. The van der Waals surface area contributed by atoms with Crippen LogP contribution in [0.15, 0.2) is 69.7 Å². The van der Waals surface area contributed by atoms with Crippen molar-refractivity contribution in [2.75, 3.05) is 7.11 Å². The monoisotopic (exact) mass is 496 g/mol. The Labute approximate surface area is 192 Å². The summed E-state index contributed by atoms with van der Waals surface area (Å²) in [5.41, 5.74) is 3.53. The van der Waals surface area contributed by atoms with Crippen molar-refractivity contribution in [3.05, 3.63) is 76.4 Å². The van der Waals surface area contributed by atoms with Gasteiger partial charge in [0.2, 0.25) is 5.89 Å². The zero-order valence-electron chi connectivity index (χ0n) is 16.4. The highest BCUT2D eigenvalue weighted by atomic mass is 79.9. The Morgan fingerprint density at radius 3 is 2.71 bits per heavy atom. The Bertz CT molecular complexity index is 1220. The summed E-state index contributed by atoms with van der Waals surface area (Å²) in [6.07, 6.45) is 1.68. The topological polar surface area (TPSA) is 89.3 Å². The zero-order valence-corrected chi connectivity index (χ0v) is 18.8. The van der Waals surface area contributed by atoms with Crippen molar-refractivity contribution in [2.45, 2.75) is 6.54 Å². The van der Waals surface area contributed by atoms with Gasteiger partial charge in [0.15, 0.2) is 16.3 Å². The highest BCUT2D eigenvalue weighted by molar-refractivity contribution is 9.10. The molecule has 0 aliphatic carbocycles. The fourth-order valence-electron chi connectivity index (χ4n) is 2.87. The van der Waals surface area contributed by atoms with Crippen LogP contribution in [-0.4, -0.2) is 28.1 Å². The molecule has 2 aromatic heterocycles. The smallest absolute Gasteiger partial charge is 0.257 e. The van der Waals surface area contributed by atoms with Gasteiger partial charge in [-0.25, -0.2) is 4.98 Å². The maximum absolute atomic E-state index is 12.4. The van der Waals surface area contributed by atoms with Gasteiger partial charge in [-0.05, 0) is 76.2 Å². The lowest BCUT2D eigenvalue weighted by Crippen LogP contribution is -2.38. The lowest BCUT2D eigenvalue weighted by molar-refractivity contribution is 0.0976. The highest BCUT2D eigenvalue weighted by Gasteiger charge is 2.11. The van der Waals surface area contributed by atoms with Gasteiger partial charge in [-0.15, -0.1) is 0 Å². The molecule has 156 valence electrons. The summed E-state index contributed by atoms with van der Waals surface area (Å²) in [6.45, 7) is 0.459. The number of rotatable bonds is 5. The Kier molecular flexibility index (Phi) is 6.24. The molecule has 2 heterocycles. The molecule has 0 aliphatic rings. The standard InChI is InChI=1S/C22H17BrN4O3S/c1-29-17-9-8-15(11-16(17)23)20(28)27-22(31)25-12-13-4-6-14(7-5-13)21-26-19-18(30-21)3-2-10-24-19/h2-11H,12H2,1H3,(H2,25,27,28,31). The Morgan fingerprint density at radius 1 is 1.19 bits per heavy atom. The first-order valence-corrected chi connectivity index (χ1v) is 10.5. The van der Waals surface area contributed by atoms with Gasteiger partial charge >= 0.3 is 0 Å². The molecule has 0 bridgehead atoms. The lowest BCUT2D eigenvalue weighted by Gasteiger charge is -2.11. The van der Waals surface area contributed by atoms with Gasteiger partial charge in [0.1, 0.15) is 5.75 Å². The van der Waals surface area contributed by atoms with E-state index in [0.717, 1.165) is 11.1 Å². The molecular weight excluding hydrogens is 480 g/mol. The minimum Gasteiger partial charge on any atom is -0.496 e. The second-order valence-electron chi connectivity index (χ2n) is 6.53. The molecule has 0 unspecified atom stereocenters. The first kappa shape index (κ1) is 21.0. The van der Waals surface area contributed by atoms with Gasteiger partial charge < -0.3 is 14.5 Å². The van der Waals surface area contributed by atoms with E-state index in [1.807, 2.05) is 30.3 Å². The predicted molar refractivity (Wildman–Crippen MR) is 125 cm³/mol. The van der Waals surface area contributed by atoms with E-state index in [2.05, 4.69) is 36.5 Å². The fraction of sp³-hybridized carbons (Fsp3) is 0.0909. The largest absolute Gasteiger partial charge is 0.496 e. The molecule has 4 aromatic rings. The second kappa shape index (κ2) is 9.23. The van der Waals surface area contributed by atoms with Crippen LogP contribution in [0, 0.1) is 0 Å². The molecule has 0 saturated carbocycles. The van der Waals surface area contributed by atoms with E-state index in [9.17, 15) is 4.79 Å². The van der Waals surface area contributed by atoms with Crippen molar-refractivity contribution >= 4 is 50.4 Å². The number of thiocarbonyl (C=S) groups is 1. The van der Waals surface area contributed by atoms with Crippen LogP contribution in [0.3, 0.4) is 0 Å². The van der Waals surface area contributed by atoms with E-state index in [0.29, 0.717) is 39.5 Å². The van der Waals surface area contributed by atoms with Gasteiger partial charge in [-0.3, -0.25) is 10.1 Å². The third-order valence-electron chi connectivity index (χ3n) is 4.46. The number of amides is 1. The number of oxazole rings is 1. The van der Waals surface area contributed by atoms with Crippen LogP contribution in [0.4, 0.5) is 0 Å². The van der Waals surface area contributed by atoms with Crippen LogP contribution in [-0.2, 0) is 6.54 Å². The number of pyridine rings is 1. The number of nitrogens with zero attached hydrogens (tertiary/aromatic N) is 2. The van der Waals surface area contributed by atoms with Crippen LogP contribution in [0.25, 0.3) is 22.7 Å². The minimum atomic E-state index is -0.305. The molecule has 1 amide bonds. The highest BCUT2D eigenvalue weighted by Crippen LogP contribution is 2.25. The summed E-state index contributed by atoms with van der Waals surface area (Å²) in [5, 5.41) is 5.94. The number of ether oxygens (including phenoxy) is 1. The number of halogens is 1. The number of hydrogen-bond acceptors (Lipinski definition) is 6. The van der Waals surface area contributed by atoms with Crippen LogP contribution < -0.4 is 15.4 Å². The summed E-state index contributed by atoms with van der Waals surface area (Å²) in [5.74, 6) is 0.859. The summed E-state index contributed by atoms with van der Waals surface area (Å²) in [7, 11) is 1.57. The van der Waals surface area contributed by atoms with Crippen LogP contribution in [0.2, 0.25) is 0 Å². The first-order valence-electron chi connectivity index (χ1n) is 9.27. The van der Waals surface area contributed by atoms with Crippen LogP contribution in [0.1, 0.15) is 15.9 Å². The number of carbonyl (C=O) groups is 1. The molecule has 0 radical (unpaired) electrons. The lowest BCUT2D eigenvalue weighted by atomic mass is 10.1. The molecule has 0 atom stereocenters. The maximum atomic E-state index is 12.4. The quantitative estimate of drug-likeness (QED) is 0.394. The van der Waals surface area contributed by atoms with Crippen molar-refractivity contribution in [2.24, 2.45) is 0 Å². The summed E-state index contributed by atoms with van der Waals surface area (Å²) in [4.78, 5) is 20.9. The zero-order chi connectivity index (χ0) is 21.8. The molecule has 9 heteroatoms. The summed E-state index contributed by atoms with van der Waals surface area (Å²) in [6, 6.07) is 16.4. The SMILES string of the molecule is COc1ccc(C(=O)NC(=S)NCc2ccc(-c3nc4ncccc4o3)cc2)cc1Br. The summed E-state index contributed by atoms with van der Waals surface area (Å²) < 4.78 is 11.6. The van der Waals surface area contributed by atoms with Gasteiger partial charge in [0.05, 0.1) is 11.6 Å². The first-order chi connectivity index (χ1) is 15.0. The van der Waals surface area contributed by atoms with Gasteiger partial charge in [0, 0.05) is 23.9 Å². The van der Waals surface area contributed by atoms with E-state index in [1.54, 1.807) is 37.6 Å². The van der Waals surface area contributed by atoms with Crippen molar-refractivity contribution in [3.63, 3.8) is 0 Å². The molecule has 0 fully saturated rings. The Balaban J connectivity index is 1.34. The van der Waals surface area contributed by atoms with Crippen molar-refractivity contribution < 1.29 is 13.9 Å². The number of nitrogens with one attached hydrogen (secondary N) is 2. The number of carbonyl (C=O) groups excluding carboxylic acids is 1. The molecule has 0 aliphatic heterocycles. The van der Waals surface area contributed by atoms with E-state index >= 15 is 0 Å². The van der Waals surface area contributed by atoms with Gasteiger partial charge in [-0.2, -0.15) is 4.98 Å². The molecule has 2 N–H and O–H groups in total. The number of aromatic nitrogens is 2. The van der Waals surface area contributed by atoms with Crippen molar-refractivity contribution in [1.29, 1.82) is 0 Å². The number of hydrogen-bond donors (Lipinski definition) is 2. The fourth-order valence-corrected chi connectivity index (χ4v) is 3.57. The Hall–Kier alpha value is -3.30. The molecule has 2 aromatic carbocycles. The van der Waals surface area contributed by atoms with Crippen molar-refractivity contribution in [3.8, 4) is 17.2 Å². The average molecular weight is 497 g/mol. The maximum Gasteiger partial charge on any atom is 0.257 e. The second-order valence-corrected chi connectivity index (χ2v) is 7.79. The molecule has 4 rings (SSSR count). The van der Waals surface area contributed by atoms with Crippen molar-refractivity contribution in [1.82, 2.24) is 20.6 Å². The molecular formula is C22H17BrN4O3S. The molecule has 0 saturated heterocycles. The normalized spacial score (nSPS) is 10.6. The van der Waals surface area contributed by atoms with Gasteiger partial charge in [-0.1, -0.05) is 12.1 Å². The minimum absolute atomic E-state index is 0.242. The molecule has 0 spiro atoms. The predicted octanol–water partition coefficient (Wildman–Crippen LogP) is 4.47. The average Bonchev–Trinajstić information content (AvgIpc) is 3.22. The van der Waals surface area contributed by atoms with E-state index in [-0.39, 0.29) is 11.0 Å².